The van der Waals surface area contributed by atoms with Gasteiger partial charge in [-0.1, -0.05) is 12.1 Å². The number of hydrogen-bond acceptors (Lipinski definition) is 8. The van der Waals surface area contributed by atoms with Crippen LogP contribution in [0.1, 0.15) is 40.7 Å². The molecule has 1 saturated heterocycles. The molecule has 1 atom stereocenters. The summed E-state index contributed by atoms with van der Waals surface area (Å²) in [5.74, 6) is 6.19. The van der Waals surface area contributed by atoms with E-state index in [-0.39, 0.29) is 18.4 Å². The summed E-state index contributed by atoms with van der Waals surface area (Å²) in [5.41, 5.74) is 3.86. The summed E-state index contributed by atoms with van der Waals surface area (Å²) >= 11 is 0. The zero-order valence-electron chi connectivity index (χ0n) is 19.3. The Kier molecular flexibility index (Phi) is 7.99. The average Bonchev–Trinajstić information content (AvgIpc) is 3.20. The van der Waals surface area contributed by atoms with Gasteiger partial charge in [-0.15, -0.1) is 0 Å². The smallest absolute Gasteiger partial charge is 0.255 e. The third kappa shape index (κ3) is 5.81. The molecule has 4 rings (SSSR count). The Balaban J connectivity index is 1.37. The highest BCUT2D eigenvalue weighted by Crippen LogP contribution is 2.29. The fraction of sp³-hybridized carbons (Fsp3) is 0.346. The summed E-state index contributed by atoms with van der Waals surface area (Å²) < 4.78 is 10.9. The van der Waals surface area contributed by atoms with Gasteiger partial charge in [0.25, 0.3) is 5.91 Å². The fourth-order valence-electron chi connectivity index (χ4n) is 4.12. The van der Waals surface area contributed by atoms with Gasteiger partial charge in [0.15, 0.2) is 0 Å². The summed E-state index contributed by atoms with van der Waals surface area (Å²) in [7, 11) is 0. The highest BCUT2D eigenvalue weighted by molar-refractivity contribution is 6.31. The molecular weight excluding hydrogens is 448 g/mol. The number of rotatable bonds is 12. The van der Waals surface area contributed by atoms with Crippen LogP contribution >= 0.6 is 0 Å². The van der Waals surface area contributed by atoms with Gasteiger partial charge in [0.05, 0.1) is 36.9 Å². The molecule has 182 valence electrons. The van der Waals surface area contributed by atoms with E-state index in [1.807, 2.05) is 36.4 Å². The Hall–Kier alpha value is -3.85. The van der Waals surface area contributed by atoms with Crippen molar-refractivity contribution in [2.75, 3.05) is 13.2 Å². The van der Waals surface area contributed by atoms with Crippen LogP contribution in [0.15, 0.2) is 52.6 Å². The molecule has 1 fully saturated rings. The van der Waals surface area contributed by atoms with Crippen molar-refractivity contribution < 1.29 is 23.9 Å². The number of carbonyl (C=O) groups excluding carboxylic acids is 3. The van der Waals surface area contributed by atoms with Crippen molar-refractivity contribution >= 4 is 36.1 Å². The van der Waals surface area contributed by atoms with Crippen LogP contribution in [0.3, 0.4) is 0 Å². The van der Waals surface area contributed by atoms with Gasteiger partial charge in [0.2, 0.25) is 0 Å². The highest BCUT2D eigenvalue weighted by Gasteiger charge is 2.33. The number of aliphatic imine (C=N–C) groups is 1. The second kappa shape index (κ2) is 11.5. The van der Waals surface area contributed by atoms with Gasteiger partial charge in [-0.3, -0.25) is 9.79 Å². The van der Waals surface area contributed by atoms with E-state index in [4.69, 9.17) is 15.3 Å². The minimum Gasteiger partial charge on any atom is -0.486 e. The predicted molar refractivity (Wildman–Crippen MR) is 131 cm³/mol. The number of hydrogen-bond donors (Lipinski definition) is 1. The summed E-state index contributed by atoms with van der Waals surface area (Å²) in [6, 6.07) is 12.4. The molecule has 9 heteroatoms. The molecule has 1 amide bonds. The molecule has 0 aliphatic carbocycles. The molecule has 2 aliphatic heterocycles. The lowest BCUT2D eigenvalue weighted by Gasteiger charge is -2.26. The van der Waals surface area contributed by atoms with Gasteiger partial charge in [-0.05, 0) is 60.7 Å². The molecule has 2 aliphatic rings. The van der Waals surface area contributed by atoms with Crippen molar-refractivity contribution in [2.24, 2.45) is 15.9 Å². The molecule has 0 saturated carbocycles. The molecule has 2 aromatic carbocycles. The maximum Gasteiger partial charge on any atom is 0.255 e. The van der Waals surface area contributed by atoms with E-state index in [9.17, 15) is 14.4 Å². The van der Waals surface area contributed by atoms with E-state index in [0.29, 0.717) is 50.3 Å². The first kappa shape index (κ1) is 24.3. The van der Waals surface area contributed by atoms with E-state index in [2.05, 4.69) is 10.1 Å². The van der Waals surface area contributed by atoms with Crippen LogP contribution < -0.4 is 10.6 Å². The minimum absolute atomic E-state index is 0.114. The Morgan fingerprint density at radius 2 is 2.00 bits per heavy atom. The van der Waals surface area contributed by atoms with Crippen LogP contribution in [0.2, 0.25) is 0 Å². The number of fused-ring (bicyclic) bond motifs is 1. The largest absolute Gasteiger partial charge is 0.486 e. The van der Waals surface area contributed by atoms with Crippen molar-refractivity contribution in [1.29, 1.82) is 0 Å². The first-order valence-corrected chi connectivity index (χ1v) is 11.6. The lowest BCUT2D eigenvalue weighted by Crippen LogP contribution is -2.38. The molecule has 0 aromatic heterocycles. The summed E-state index contributed by atoms with van der Waals surface area (Å²) in [6.45, 7) is 1.58. The van der Waals surface area contributed by atoms with Crippen LogP contribution in [-0.2, 0) is 27.3 Å². The molecular formula is C26H28N4O5. The van der Waals surface area contributed by atoms with Gasteiger partial charge in [0.1, 0.15) is 24.4 Å². The molecule has 0 spiro atoms. The summed E-state index contributed by atoms with van der Waals surface area (Å²) in [4.78, 5) is 41.1. The number of benzene rings is 2. The average molecular weight is 477 g/mol. The van der Waals surface area contributed by atoms with E-state index in [1.165, 1.54) is 4.90 Å². The molecule has 35 heavy (non-hydrogen) atoms. The Labute approximate surface area is 203 Å². The first-order chi connectivity index (χ1) is 17.1. The predicted octanol–water partition coefficient (Wildman–Crippen LogP) is 2.62. The number of nitrogens with two attached hydrogens (primary N) is 1. The Bertz CT molecular complexity index is 1130. The van der Waals surface area contributed by atoms with Gasteiger partial charge < -0.3 is 29.8 Å². The highest BCUT2D eigenvalue weighted by atomic mass is 16.6. The van der Waals surface area contributed by atoms with Crippen molar-refractivity contribution in [3.63, 3.8) is 0 Å². The fourth-order valence-corrected chi connectivity index (χ4v) is 4.12. The maximum absolute atomic E-state index is 12.9. The number of ether oxygens (including phenoxy) is 2. The van der Waals surface area contributed by atoms with Crippen LogP contribution in [-0.4, -0.2) is 60.7 Å². The molecule has 1 unspecified atom stereocenters. The number of nitrogens with zero attached hydrogens (tertiary/aromatic N) is 3. The van der Waals surface area contributed by atoms with Crippen LogP contribution in [0.4, 0.5) is 5.69 Å². The molecule has 9 nitrogen and oxygen atoms in total. The van der Waals surface area contributed by atoms with Crippen LogP contribution in [0, 0.1) is 0 Å². The van der Waals surface area contributed by atoms with Crippen molar-refractivity contribution in [3.8, 4) is 5.75 Å². The standard InChI is InChI=1S/C26H28N4O5/c27-29-20(13-28-19-8-10-22(11-9-19)35-23-16-34-17-23)7-6-18-3-1-5-24-25(18)14-30(26(24)33)21(15-32)4-2-12-31/h1,3,5,8-13,15,21,23H,2,4,6-7,14,16-17,27H2. The lowest BCUT2D eigenvalue weighted by molar-refractivity contribution is -0.112. The van der Waals surface area contributed by atoms with Crippen LogP contribution in [0.5, 0.6) is 5.75 Å². The number of carbonyl (C=O) groups is 3. The molecule has 0 radical (unpaired) electrons. The SMILES string of the molecule is NN=C(C=Nc1ccc(OC2COC2)cc1)CCc1cccc2c1CN(C(C=O)CCC=O)C2=O. The number of hydrazone groups is 1. The first-order valence-electron chi connectivity index (χ1n) is 11.6. The summed E-state index contributed by atoms with van der Waals surface area (Å²) in [5, 5.41) is 3.86. The van der Waals surface area contributed by atoms with Crippen molar-refractivity contribution in [1.82, 2.24) is 4.90 Å². The normalized spacial score (nSPS) is 16.7. The second-order valence-corrected chi connectivity index (χ2v) is 8.47. The maximum atomic E-state index is 12.9. The van der Waals surface area contributed by atoms with Gasteiger partial charge >= 0.3 is 0 Å². The van der Waals surface area contributed by atoms with Crippen molar-refractivity contribution in [2.45, 2.75) is 44.4 Å². The second-order valence-electron chi connectivity index (χ2n) is 8.47. The Morgan fingerprint density at radius 1 is 1.20 bits per heavy atom. The van der Waals surface area contributed by atoms with E-state index >= 15 is 0 Å². The number of amides is 1. The molecule has 2 heterocycles. The Morgan fingerprint density at radius 3 is 2.66 bits per heavy atom. The topological polar surface area (TPSA) is 124 Å². The monoisotopic (exact) mass is 476 g/mol. The van der Waals surface area contributed by atoms with E-state index in [1.54, 1.807) is 12.3 Å². The molecule has 0 bridgehead atoms. The van der Waals surface area contributed by atoms with Gasteiger partial charge in [0, 0.05) is 18.5 Å². The lowest BCUT2D eigenvalue weighted by atomic mass is 9.98. The van der Waals surface area contributed by atoms with Crippen molar-refractivity contribution in [3.05, 3.63) is 59.2 Å². The third-order valence-electron chi connectivity index (χ3n) is 6.16. The van der Waals surface area contributed by atoms with Gasteiger partial charge in [-0.25, -0.2) is 0 Å². The quantitative estimate of drug-likeness (QED) is 0.217. The van der Waals surface area contributed by atoms with Crippen LogP contribution in [0.25, 0.3) is 0 Å². The molecule has 2 N–H and O–H groups in total. The third-order valence-corrected chi connectivity index (χ3v) is 6.16. The van der Waals surface area contributed by atoms with E-state index in [0.717, 1.165) is 35.1 Å². The van der Waals surface area contributed by atoms with E-state index < -0.39 is 6.04 Å². The summed E-state index contributed by atoms with van der Waals surface area (Å²) in [6.07, 6.45) is 4.96. The molecule has 2 aromatic rings. The number of aldehydes is 2. The zero-order chi connectivity index (χ0) is 24.6. The zero-order valence-corrected chi connectivity index (χ0v) is 19.3. The van der Waals surface area contributed by atoms with Gasteiger partial charge in [-0.2, -0.15) is 5.10 Å². The number of aryl methyl sites for hydroxylation is 1. The minimum atomic E-state index is -0.611.